The number of aromatic nitrogens is 2. The molecule has 3 nitrogen and oxygen atoms in total. The van der Waals surface area contributed by atoms with Crippen LogP contribution in [0.25, 0.3) is 11.3 Å². The molecule has 0 unspecified atom stereocenters. The molecule has 0 saturated heterocycles. The number of hydrogen-bond donors (Lipinski definition) is 1. The van der Waals surface area contributed by atoms with Crippen molar-refractivity contribution < 1.29 is 4.79 Å². The van der Waals surface area contributed by atoms with Gasteiger partial charge in [-0.1, -0.05) is 138 Å². The summed E-state index contributed by atoms with van der Waals surface area (Å²) < 4.78 is 0. The molecular formula is C38H28Cl2N2O. The third kappa shape index (κ3) is 5.09. The molecule has 4 atom stereocenters. The summed E-state index contributed by atoms with van der Waals surface area (Å²) in [5.41, 5.74) is 7.79. The Morgan fingerprint density at radius 1 is 0.581 bits per heavy atom. The van der Waals surface area contributed by atoms with Crippen molar-refractivity contribution in [2.75, 3.05) is 0 Å². The Labute approximate surface area is 261 Å². The Bertz CT molecular complexity index is 1850. The molecule has 6 aromatic rings. The lowest BCUT2D eigenvalue weighted by molar-refractivity contribution is 0.0870. The molecule has 0 fully saturated rings. The number of aromatic amines is 1. The lowest BCUT2D eigenvalue weighted by atomic mass is 9.58. The van der Waals surface area contributed by atoms with Gasteiger partial charge in [0.05, 0.1) is 5.69 Å². The van der Waals surface area contributed by atoms with Gasteiger partial charge in [-0.3, -0.25) is 9.89 Å². The van der Waals surface area contributed by atoms with Gasteiger partial charge in [0.2, 0.25) is 0 Å². The van der Waals surface area contributed by atoms with Crippen LogP contribution in [-0.2, 0) is 0 Å². The van der Waals surface area contributed by atoms with Crippen LogP contribution in [0.2, 0.25) is 10.0 Å². The van der Waals surface area contributed by atoms with Gasteiger partial charge in [0.1, 0.15) is 0 Å². The summed E-state index contributed by atoms with van der Waals surface area (Å²) in [5.74, 6) is -1.04. The number of hydrogen-bond acceptors (Lipinski definition) is 2. The predicted octanol–water partition coefficient (Wildman–Crippen LogP) is 9.94. The van der Waals surface area contributed by atoms with Crippen molar-refractivity contribution in [3.8, 4) is 11.3 Å². The zero-order valence-corrected chi connectivity index (χ0v) is 24.7. The lowest BCUT2D eigenvalue weighted by Gasteiger charge is -2.43. The first-order valence-electron chi connectivity index (χ1n) is 14.4. The van der Waals surface area contributed by atoms with Crippen molar-refractivity contribution in [3.05, 3.63) is 183 Å². The van der Waals surface area contributed by atoms with E-state index >= 15 is 0 Å². The van der Waals surface area contributed by atoms with E-state index in [0.29, 0.717) is 15.6 Å². The van der Waals surface area contributed by atoms with Crippen LogP contribution >= 0.6 is 23.2 Å². The molecule has 1 aliphatic carbocycles. The number of Topliss-reactive ketones (excluding diaryl/α,β-unsaturated/α-hetero) is 1. The average molecular weight is 600 g/mol. The van der Waals surface area contributed by atoms with Gasteiger partial charge < -0.3 is 0 Å². The third-order valence-corrected chi connectivity index (χ3v) is 9.12. The number of fused-ring (bicyclic) bond motifs is 1. The standard InChI is InChI=1S/C38H28Cl2N2O/c39-29-20-16-25(17-21-29)31-33(24-10-4-1-5-11-24)37-35(36(41-42-37)27-12-6-2-7-13-27)32(26-18-22-30(40)23-19-26)34(31)38(43)28-14-8-3-9-15-28/h1-23,31-34H,(H,41,42)/t31-,32-,33-,34+/m1/s1. The molecule has 0 bridgehead atoms. The number of nitrogens with zero attached hydrogens (tertiary/aromatic N) is 1. The molecule has 210 valence electrons. The lowest BCUT2D eigenvalue weighted by Crippen LogP contribution is -2.38. The minimum Gasteiger partial charge on any atom is -0.294 e. The van der Waals surface area contributed by atoms with E-state index < -0.39 is 5.92 Å². The molecule has 0 radical (unpaired) electrons. The Morgan fingerprint density at radius 2 is 1.09 bits per heavy atom. The Kier molecular flexibility index (Phi) is 7.44. The smallest absolute Gasteiger partial charge is 0.167 e. The maximum atomic E-state index is 15.0. The first-order valence-corrected chi connectivity index (χ1v) is 15.1. The minimum absolute atomic E-state index is 0.0901. The van der Waals surface area contributed by atoms with Gasteiger partial charge >= 0.3 is 0 Å². The Morgan fingerprint density at radius 3 is 1.70 bits per heavy atom. The van der Waals surface area contributed by atoms with Crippen molar-refractivity contribution in [1.29, 1.82) is 0 Å². The summed E-state index contributed by atoms with van der Waals surface area (Å²) in [6, 6.07) is 46.1. The third-order valence-electron chi connectivity index (χ3n) is 8.61. The highest BCUT2D eigenvalue weighted by Crippen LogP contribution is 2.58. The van der Waals surface area contributed by atoms with E-state index in [-0.39, 0.29) is 23.5 Å². The quantitative estimate of drug-likeness (QED) is 0.194. The fourth-order valence-electron chi connectivity index (χ4n) is 6.78. The SMILES string of the molecule is O=C(c1ccccc1)[C@@H]1[C@@H](c2ccc(Cl)cc2)c2c(-c3ccccc3)n[nH]c2[C@H](c2ccccc2)[C@H]1c1ccc(Cl)cc1. The molecule has 5 aromatic carbocycles. The maximum Gasteiger partial charge on any atom is 0.167 e. The second-order valence-corrected chi connectivity index (χ2v) is 11.9. The second kappa shape index (κ2) is 11.7. The molecule has 5 heteroatoms. The Balaban J connectivity index is 1.58. The molecule has 1 aliphatic rings. The van der Waals surface area contributed by atoms with Crippen molar-refractivity contribution in [1.82, 2.24) is 10.2 Å². The van der Waals surface area contributed by atoms with Gasteiger partial charge in [0.15, 0.2) is 5.78 Å². The Hall–Kier alpha value is -4.44. The van der Waals surface area contributed by atoms with E-state index in [1.807, 2.05) is 91.0 Å². The van der Waals surface area contributed by atoms with Crippen LogP contribution in [-0.4, -0.2) is 16.0 Å². The normalized spacial score (nSPS) is 19.5. The summed E-state index contributed by atoms with van der Waals surface area (Å²) in [4.78, 5) is 15.0. The fourth-order valence-corrected chi connectivity index (χ4v) is 7.03. The number of benzene rings is 5. The molecule has 0 aliphatic heterocycles. The summed E-state index contributed by atoms with van der Waals surface area (Å²) >= 11 is 12.8. The number of H-pyrrole nitrogens is 1. The largest absolute Gasteiger partial charge is 0.294 e. The summed E-state index contributed by atoms with van der Waals surface area (Å²) in [7, 11) is 0. The van der Waals surface area contributed by atoms with Crippen LogP contribution in [0, 0.1) is 5.92 Å². The summed E-state index contributed by atoms with van der Waals surface area (Å²) in [5, 5.41) is 9.75. The first kappa shape index (κ1) is 27.4. The number of nitrogens with one attached hydrogen (secondary N) is 1. The molecular weight excluding hydrogens is 571 g/mol. The highest BCUT2D eigenvalue weighted by atomic mass is 35.5. The number of halogens is 2. The van der Waals surface area contributed by atoms with Crippen molar-refractivity contribution in [2.24, 2.45) is 5.92 Å². The summed E-state index contributed by atoms with van der Waals surface area (Å²) in [6.45, 7) is 0. The molecule has 0 amide bonds. The van der Waals surface area contributed by atoms with E-state index in [9.17, 15) is 4.79 Å². The minimum atomic E-state index is -0.456. The van der Waals surface area contributed by atoms with Gasteiger partial charge in [-0.2, -0.15) is 5.10 Å². The molecule has 43 heavy (non-hydrogen) atoms. The fraction of sp³-hybridized carbons (Fsp3) is 0.105. The molecule has 0 saturated carbocycles. The van der Waals surface area contributed by atoms with Gasteiger partial charge in [0, 0.05) is 56.1 Å². The topological polar surface area (TPSA) is 45.8 Å². The molecule has 1 heterocycles. The van der Waals surface area contributed by atoms with E-state index in [1.54, 1.807) is 0 Å². The predicted molar refractivity (Wildman–Crippen MR) is 174 cm³/mol. The van der Waals surface area contributed by atoms with E-state index in [4.69, 9.17) is 28.3 Å². The van der Waals surface area contributed by atoms with Crippen molar-refractivity contribution >= 4 is 29.0 Å². The number of ketones is 1. The van der Waals surface area contributed by atoms with E-state index in [2.05, 4.69) is 53.6 Å². The van der Waals surface area contributed by atoms with Crippen LogP contribution in [0.4, 0.5) is 0 Å². The van der Waals surface area contributed by atoms with Gasteiger partial charge in [0.25, 0.3) is 0 Å². The average Bonchev–Trinajstić information content (AvgIpc) is 3.50. The van der Waals surface area contributed by atoms with Crippen LogP contribution < -0.4 is 0 Å². The van der Waals surface area contributed by atoms with Gasteiger partial charge in [-0.05, 0) is 41.0 Å². The van der Waals surface area contributed by atoms with Crippen LogP contribution in [0.5, 0.6) is 0 Å². The molecule has 1 N–H and O–H groups in total. The van der Waals surface area contributed by atoms with Crippen molar-refractivity contribution in [2.45, 2.75) is 17.8 Å². The number of rotatable bonds is 6. The van der Waals surface area contributed by atoms with E-state index in [1.165, 1.54) is 0 Å². The molecule has 0 spiro atoms. The molecule has 1 aromatic heterocycles. The number of carbonyl (C=O) groups excluding carboxylic acids is 1. The van der Waals surface area contributed by atoms with Crippen LogP contribution in [0.3, 0.4) is 0 Å². The van der Waals surface area contributed by atoms with Crippen LogP contribution in [0.15, 0.2) is 140 Å². The highest BCUT2D eigenvalue weighted by molar-refractivity contribution is 6.30. The van der Waals surface area contributed by atoms with Gasteiger partial charge in [-0.15, -0.1) is 0 Å². The van der Waals surface area contributed by atoms with Crippen LogP contribution in [0.1, 0.15) is 56.1 Å². The maximum absolute atomic E-state index is 15.0. The second-order valence-electron chi connectivity index (χ2n) is 11.0. The summed E-state index contributed by atoms with van der Waals surface area (Å²) in [6.07, 6.45) is 0. The zero-order valence-electron chi connectivity index (χ0n) is 23.2. The molecule has 7 rings (SSSR count). The van der Waals surface area contributed by atoms with E-state index in [0.717, 1.165) is 39.2 Å². The zero-order chi connectivity index (χ0) is 29.3. The van der Waals surface area contributed by atoms with Gasteiger partial charge in [-0.25, -0.2) is 0 Å². The highest BCUT2D eigenvalue weighted by Gasteiger charge is 2.50. The van der Waals surface area contributed by atoms with Crippen molar-refractivity contribution in [3.63, 3.8) is 0 Å². The monoisotopic (exact) mass is 598 g/mol. The first-order chi connectivity index (χ1) is 21.1. The number of carbonyl (C=O) groups is 1.